The van der Waals surface area contributed by atoms with Gasteiger partial charge in [0.25, 0.3) is 0 Å². The number of nitrogens with zero attached hydrogens (tertiary/aromatic N) is 2. The van der Waals surface area contributed by atoms with E-state index in [1.807, 2.05) is 42.5 Å². The summed E-state index contributed by atoms with van der Waals surface area (Å²) in [4.78, 5) is 19.3. The average Bonchev–Trinajstić information content (AvgIpc) is 3.04. The van der Waals surface area contributed by atoms with E-state index in [1.54, 1.807) is 13.3 Å². The number of rotatable bonds is 12. The zero-order valence-electron chi connectivity index (χ0n) is 27.0. The number of piperidine rings is 1. The highest BCUT2D eigenvalue weighted by molar-refractivity contribution is 5.89. The highest BCUT2D eigenvalue weighted by Gasteiger charge is 2.20. The van der Waals surface area contributed by atoms with Gasteiger partial charge in [-0.3, -0.25) is 4.98 Å². The quantitative estimate of drug-likeness (QED) is 0.157. The van der Waals surface area contributed by atoms with Gasteiger partial charge in [-0.2, -0.15) is 0 Å². The summed E-state index contributed by atoms with van der Waals surface area (Å²) in [6.45, 7) is 10.9. The number of carbonyl (C=O) groups excluding carboxylic acids is 1. The van der Waals surface area contributed by atoms with Crippen LogP contribution in [0.4, 0.5) is 10.5 Å². The molecule has 8 heteroatoms. The Hall–Kier alpha value is -4.30. The van der Waals surface area contributed by atoms with Crippen LogP contribution in [0.25, 0.3) is 10.9 Å². The number of likely N-dealkylation sites (tertiary alicyclic amines) is 1. The van der Waals surface area contributed by atoms with Gasteiger partial charge in [0.2, 0.25) is 0 Å². The normalized spacial score (nSPS) is 14.2. The van der Waals surface area contributed by atoms with Crippen LogP contribution >= 0.6 is 0 Å². The second kappa shape index (κ2) is 15.1. The van der Waals surface area contributed by atoms with E-state index in [4.69, 9.17) is 14.2 Å². The lowest BCUT2D eigenvalue weighted by molar-refractivity contribution is 0.191. The molecule has 0 spiro atoms. The second-order valence-electron chi connectivity index (χ2n) is 12.9. The van der Waals surface area contributed by atoms with Gasteiger partial charge < -0.3 is 29.7 Å². The van der Waals surface area contributed by atoms with Gasteiger partial charge in [-0.05, 0) is 92.1 Å². The average molecular weight is 611 g/mol. The molecule has 5 rings (SSSR count). The van der Waals surface area contributed by atoms with Crippen LogP contribution in [0.2, 0.25) is 0 Å². The van der Waals surface area contributed by atoms with Crippen molar-refractivity contribution in [3.05, 3.63) is 84.6 Å². The Morgan fingerprint density at radius 2 is 1.71 bits per heavy atom. The molecule has 2 heterocycles. The van der Waals surface area contributed by atoms with Gasteiger partial charge in [0.05, 0.1) is 19.2 Å². The van der Waals surface area contributed by atoms with Crippen LogP contribution in [-0.2, 0) is 0 Å². The second-order valence-corrected chi connectivity index (χ2v) is 12.9. The van der Waals surface area contributed by atoms with Crippen molar-refractivity contribution in [3.8, 4) is 23.0 Å². The summed E-state index contributed by atoms with van der Waals surface area (Å²) in [5.41, 5.74) is 3.08. The number of benzene rings is 3. The van der Waals surface area contributed by atoms with Crippen molar-refractivity contribution in [2.45, 2.75) is 52.4 Å². The standard InChI is InChI=1S/C37H46N4O4/c1-37(2,3)18-20-39-36(42)40-29-11-13-30(14-12-29)45-33-15-19-38-32-26-35(34(43-4)25-31(32)33)44-24-8-21-41-22-16-28(17-23-41)27-9-6-5-7-10-27/h5-7,9-15,19,25-26,28H,8,16-18,20-24H2,1-4H3,(H2,39,40,42). The Bertz CT molecular complexity index is 1530. The molecule has 1 fully saturated rings. The lowest BCUT2D eigenvalue weighted by Gasteiger charge is -2.32. The van der Waals surface area contributed by atoms with Crippen LogP contribution in [0.1, 0.15) is 57.9 Å². The van der Waals surface area contributed by atoms with Crippen LogP contribution in [0.5, 0.6) is 23.0 Å². The number of hydrogen-bond acceptors (Lipinski definition) is 6. The van der Waals surface area contributed by atoms with E-state index in [-0.39, 0.29) is 11.4 Å². The Balaban J connectivity index is 1.13. The molecule has 8 nitrogen and oxygen atoms in total. The lowest BCUT2D eigenvalue weighted by atomic mass is 9.89. The molecule has 1 aliphatic heterocycles. The van der Waals surface area contributed by atoms with Crippen molar-refractivity contribution >= 4 is 22.6 Å². The van der Waals surface area contributed by atoms with Crippen LogP contribution < -0.4 is 24.8 Å². The molecule has 1 saturated heterocycles. The maximum atomic E-state index is 12.2. The molecule has 0 radical (unpaired) electrons. The SMILES string of the molecule is COc1cc2c(Oc3ccc(NC(=O)NCCC(C)(C)C)cc3)ccnc2cc1OCCCN1CCC(c2ccccc2)CC1. The summed E-state index contributed by atoms with van der Waals surface area (Å²) < 4.78 is 18.1. The summed E-state index contributed by atoms with van der Waals surface area (Å²) in [6, 6.07) is 23.6. The molecule has 3 aromatic carbocycles. The smallest absolute Gasteiger partial charge is 0.319 e. The van der Waals surface area contributed by atoms with Gasteiger partial charge >= 0.3 is 6.03 Å². The zero-order chi connectivity index (χ0) is 31.6. The number of anilines is 1. The Morgan fingerprint density at radius 1 is 0.956 bits per heavy atom. The van der Waals surface area contributed by atoms with Gasteiger partial charge in [0.15, 0.2) is 11.5 Å². The lowest BCUT2D eigenvalue weighted by Crippen LogP contribution is -2.34. The number of methoxy groups -OCH3 is 1. The van der Waals surface area contributed by atoms with Gasteiger partial charge in [0, 0.05) is 36.4 Å². The van der Waals surface area contributed by atoms with Crippen molar-refractivity contribution in [2.75, 3.05) is 45.2 Å². The highest BCUT2D eigenvalue weighted by atomic mass is 16.5. The molecule has 0 unspecified atom stereocenters. The third-order valence-corrected chi connectivity index (χ3v) is 8.22. The maximum Gasteiger partial charge on any atom is 0.319 e. The molecule has 1 aromatic heterocycles. The molecular weight excluding hydrogens is 564 g/mol. The predicted molar refractivity (Wildman–Crippen MR) is 181 cm³/mol. The molecule has 0 aliphatic carbocycles. The first-order valence-corrected chi connectivity index (χ1v) is 16.0. The van der Waals surface area contributed by atoms with Crippen LogP contribution in [0, 0.1) is 5.41 Å². The Kier molecular flexibility index (Phi) is 10.8. The minimum absolute atomic E-state index is 0.170. The summed E-state index contributed by atoms with van der Waals surface area (Å²) in [6.07, 6.45) is 5.98. The molecule has 4 aromatic rings. The minimum Gasteiger partial charge on any atom is -0.493 e. The summed E-state index contributed by atoms with van der Waals surface area (Å²) >= 11 is 0. The van der Waals surface area contributed by atoms with Crippen molar-refractivity contribution < 1.29 is 19.0 Å². The first kappa shape index (κ1) is 32.1. The van der Waals surface area contributed by atoms with Gasteiger partial charge in [0.1, 0.15) is 11.5 Å². The van der Waals surface area contributed by atoms with Crippen LogP contribution in [0.15, 0.2) is 79.0 Å². The number of pyridine rings is 1. The third-order valence-electron chi connectivity index (χ3n) is 8.22. The largest absolute Gasteiger partial charge is 0.493 e. The van der Waals surface area contributed by atoms with Gasteiger partial charge in [-0.15, -0.1) is 0 Å². The first-order valence-electron chi connectivity index (χ1n) is 16.0. The molecule has 2 amide bonds. The number of ether oxygens (including phenoxy) is 3. The topological polar surface area (TPSA) is 85.0 Å². The van der Waals surface area contributed by atoms with E-state index in [9.17, 15) is 4.79 Å². The fourth-order valence-corrected chi connectivity index (χ4v) is 5.63. The van der Waals surface area contributed by atoms with Crippen molar-refractivity contribution in [1.82, 2.24) is 15.2 Å². The van der Waals surface area contributed by atoms with E-state index >= 15 is 0 Å². The number of amides is 2. The zero-order valence-corrected chi connectivity index (χ0v) is 27.0. The predicted octanol–water partition coefficient (Wildman–Crippen LogP) is 8.24. The molecule has 45 heavy (non-hydrogen) atoms. The first-order chi connectivity index (χ1) is 21.8. The molecule has 238 valence electrons. The number of nitrogens with one attached hydrogen (secondary N) is 2. The summed E-state index contributed by atoms with van der Waals surface area (Å²) in [5, 5.41) is 6.59. The minimum atomic E-state index is -0.221. The number of carbonyl (C=O) groups is 1. The molecule has 0 saturated carbocycles. The van der Waals surface area contributed by atoms with Crippen molar-refractivity contribution in [1.29, 1.82) is 0 Å². The van der Waals surface area contributed by atoms with E-state index in [2.05, 4.69) is 71.6 Å². The van der Waals surface area contributed by atoms with E-state index in [0.717, 1.165) is 43.4 Å². The third kappa shape index (κ3) is 9.35. The van der Waals surface area contributed by atoms with Crippen molar-refractivity contribution in [3.63, 3.8) is 0 Å². The molecular formula is C37H46N4O4. The van der Waals surface area contributed by atoms with E-state index in [0.29, 0.717) is 47.8 Å². The van der Waals surface area contributed by atoms with E-state index < -0.39 is 0 Å². The fourth-order valence-electron chi connectivity index (χ4n) is 5.63. The molecule has 0 bridgehead atoms. The number of aromatic nitrogens is 1. The van der Waals surface area contributed by atoms with Crippen LogP contribution in [0.3, 0.4) is 0 Å². The summed E-state index contributed by atoms with van der Waals surface area (Å²) in [7, 11) is 1.65. The maximum absolute atomic E-state index is 12.2. The highest BCUT2D eigenvalue weighted by Crippen LogP contribution is 2.37. The Morgan fingerprint density at radius 3 is 2.42 bits per heavy atom. The molecule has 2 N–H and O–H groups in total. The number of hydrogen-bond donors (Lipinski definition) is 2. The van der Waals surface area contributed by atoms with Gasteiger partial charge in [-0.25, -0.2) is 4.79 Å². The monoisotopic (exact) mass is 610 g/mol. The van der Waals surface area contributed by atoms with E-state index in [1.165, 1.54) is 18.4 Å². The van der Waals surface area contributed by atoms with Crippen LogP contribution in [-0.4, -0.2) is 55.8 Å². The number of urea groups is 1. The Labute approximate surface area is 267 Å². The summed E-state index contributed by atoms with van der Waals surface area (Å²) in [5.74, 6) is 3.28. The molecule has 1 aliphatic rings. The van der Waals surface area contributed by atoms with Gasteiger partial charge in [-0.1, -0.05) is 51.1 Å². The van der Waals surface area contributed by atoms with Crippen molar-refractivity contribution in [2.24, 2.45) is 5.41 Å². The number of fused-ring (bicyclic) bond motifs is 1. The fraction of sp³-hybridized carbons (Fsp3) is 0.405. The molecule has 0 atom stereocenters.